The molecule has 0 bridgehead atoms. The predicted molar refractivity (Wildman–Crippen MR) is 152 cm³/mol. The molecular formula is C29H27N7O5. The molecule has 4 rings (SSSR count). The van der Waals surface area contributed by atoms with E-state index in [2.05, 4.69) is 38.2 Å². The van der Waals surface area contributed by atoms with E-state index < -0.39 is 5.91 Å². The van der Waals surface area contributed by atoms with Gasteiger partial charge in [0.2, 0.25) is 0 Å². The maximum atomic E-state index is 13.1. The highest BCUT2D eigenvalue weighted by molar-refractivity contribution is 6.04. The molecule has 0 fully saturated rings. The van der Waals surface area contributed by atoms with Gasteiger partial charge in [-0.2, -0.15) is 10.4 Å². The Bertz CT molecular complexity index is 1640. The molecule has 0 aliphatic carbocycles. The zero-order valence-electron chi connectivity index (χ0n) is 22.9. The van der Waals surface area contributed by atoms with Crippen molar-refractivity contribution in [3.05, 3.63) is 78.0 Å². The van der Waals surface area contributed by atoms with Gasteiger partial charge in [0.1, 0.15) is 29.1 Å². The quantitative estimate of drug-likeness (QED) is 0.201. The van der Waals surface area contributed by atoms with Crippen LogP contribution in [0.4, 0.5) is 11.5 Å². The lowest BCUT2D eigenvalue weighted by molar-refractivity contribution is 0.101. The molecule has 3 heterocycles. The summed E-state index contributed by atoms with van der Waals surface area (Å²) in [6, 6.07) is 10.4. The van der Waals surface area contributed by atoms with Gasteiger partial charge in [-0.1, -0.05) is 0 Å². The molecule has 0 aliphatic rings. The number of benzene rings is 1. The van der Waals surface area contributed by atoms with Gasteiger partial charge < -0.3 is 24.3 Å². The smallest absolute Gasteiger partial charge is 0.281 e. The number of hydrogen-bond acceptors (Lipinski definition) is 10. The lowest BCUT2D eigenvalue weighted by Gasteiger charge is -2.15. The highest BCUT2D eigenvalue weighted by atomic mass is 16.5. The number of aliphatic imine (C=N–C) groups is 1. The highest BCUT2D eigenvalue weighted by Crippen LogP contribution is 2.38. The van der Waals surface area contributed by atoms with Crippen LogP contribution >= 0.6 is 0 Å². The topological polar surface area (TPSA) is 146 Å². The molecule has 41 heavy (non-hydrogen) atoms. The van der Waals surface area contributed by atoms with Gasteiger partial charge >= 0.3 is 0 Å². The molecule has 12 heteroatoms. The Morgan fingerprint density at radius 2 is 1.95 bits per heavy atom. The van der Waals surface area contributed by atoms with Crippen molar-refractivity contribution in [2.45, 2.75) is 13.8 Å². The summed E-state index contributed by atoms with van der Waals surface area (Å²) in [4.78, 5) is 25.6. The summed E-state index contributed by atoms with van der Waals surface area (Å²) in [6.07, 6.45) is 7.76. The van der Waals surface area contributed by atoms with Gasteiger partial charge in [0.25, 0.3) is 5.91 Å². The Kier molecular flexibility index (Phi) is 8.91. The first-order valence-corrected chi connectivity index (χ1v) is 12.4. The predicted octanol–water partition coefficient (Wildman–Crippen LogP) is 4.97. The van der Waals surface area contributed by atoms with E-state index in [0.29, 0.717) is 52.1 Å². The summed E-state index contributed by atoms with van der Waals surface area (Å²) in [7, 11) is 3.08. The van der Waals surface area contributed by atoms with E-state index in [9.17, 15) is 10.1 Å². The molecule has 0 saturated heterocycles. The minimum Gasteiger partial charge on any atom is -0.493 e. The fraction of sp³-hybridized carbons (Fsp3) is 0.172. The number of pyridine rings is 2. The average molecular weight is 554 g/mol. The van der Waals surface area contributed by atoms with E-state index in [-0.39, 0.29) is 17.3 Å². The molecule has 1 aromatic carbocycles. The van der Waals surface area contributed by atoms with Crippen LogP contribution in [0, 0.1) is 11.3 Å². The third-order valence-electron chi connectivity index (χ3n) is 5.77. The van der Waals surface area contributed by atoms with Gasteiger partial charge in [-0.05, 0) is 50.9 Å². The van der Waals surface area contributed by atoms with E-state index >= 15 is 0 Å². The van der Waals surface area contributed by atoms with Crippen LogP contribution in [-0.4, -0.2) is 53.2 Å². The molecular weight excluding hydrogens is 526 g/mol. The van der Waals surface area contributed by atoms with Crippen LogP contribution in [0.3, 0.4) is 0 Å². The molecule has 1 N–H and O–H groups in total. The average Bonchev–Trinajstić information content (AvgIpc) is 3.44. The second-order valence-electron chi connectivity index (χ2n) is 8.19. The van der Waals surface area contributed by atoms with Crippen molar-refractivity contribution in [2.24, 2.45) is 4.99 Å². The first-order valence-electron chi connectivity index (χ1n) is 12.4. The molecule has 0 aliphatic heterocycles. The van der Waals surface area contributed by atoms with Crippen molar-refractivity contribution >= 4 is 29.9 Å². The van der Waals surface area contributed by atoms with E-state index in [4.69, 9.17) is 18.9 Å². The Morgan fingerprint density at radius 3 is 2.59 bits per heavy atom. The number of nitrogens with zero attached hydrogens (tertiary/aromatic N) is 6. The monoisotopic (exact) mass is 553 g/mol. The number of allylic oxidation sites excluding steroid dienone is 1. The first-order chi connectivity index (χ1) is 20.0. The van der Waals surface area contributed by atoms with Crippen molar-refractivity contribution in [2.75, 3.05) is 26.1 Å². The van der Waals surface area contributed by atoms with E-state index in [1.807, 2.05) is 6.92 Å². The Labute approximate surface area is 236 Å². The van der Waals surface area contributed by atoms with Crippen molar-refractivity contribution in [1.29, 1.82) is 5.26 Å². The molecule has 0 saturated carbocycles. The third kappa shape index (κ3) is 6.15. The summed E-state index contributed by atoms with van der Waals surface area (Å²) in [5, 5.41) is 16.5. The molecule has 3 aromatic heterocycles. The van der Waals surface area contributed by atoms with Gasteiger partial charge in [0, 0.05) is 17.8 Å². The van der Waals surface area contributed by atoms with Gasteiger partial charge in [0.05, 0.1) is 50.7 Å². The summed E-state index contributed by atoms with van der Waals surface area (Å²) >= 11 is 0. The van der Waals surface area contributed by atoms with Gasteiger partial charge in [-0.25, -0.2) is 9.67 Å². The normalized spacial score (nSPS) is 10.9. The fourth-order valence-corrected chi connectivity index (χ4v) is 3.85. The van der Waals surface area contributed by atoms with Crippen LogP contribution in [0.2, 0.25) is 0 Å². The molecule has 0 spiro atoms. The van der Waals surface area contributed by atoms with E-state index in [1.165, 1.54) is 36.6 Å². The number of rotatable bonds is 11. The number of hydrogen-bond donors (Lipinski definition) is 1. The zero-order valence-corrected chi connectivity index (χ0v) is 22.9. The standard InChI is InChI=1S/C29H27N7O5/c1-6-23(20-12-24(38-4)25(39-5)13-21(20)31-3)41-19-8-9-27(33-15-19)34-29(37)28-26(40-7-2)17-36(35-28)22-16-32-11-10-18(22)14-30/h6,8-13,15-17H,3,7H2,1-2,4-5H3,(H,33,34,37)/b23-6+. The van der Waals surface area contributed by atoms with Crippen LogP contribution in [0.15, 0.2) is 66.2 Å². The number of carbonyl (C=O) groups is 1. The van der Waals surface area contributed by atoms with Gasteiger partial charge in [0.15, 0.2) is 22.9 Å². The van der Waals surface area contributed by atoms with Gasteiger partial charge in [-0.3, -0.25) is 14.8 Å². The number of amides is 1. The Morgan fingerprint density at radius 1 is 1.17 bits per heavy atom. The molecule has 0 unspecified atom stereocenters. The Balaban J connectivity index is 1.54. The SMILES string of the molecule is C=Nc1cc(OC)c(OC)cc1/C(=C\C)Oc1ccc(NC(=O)c2nn(-c3cnccc3C#N)cc2OCC)nc1. The van der Waals surface area contributed by atoms with E-state index in [0.717, 1.165) is 0 Å². The van der Waals surface area contributed by atoms with Crippen LogP contribution in [0.1, 0.15) is 35.5 Å². The lowest BCUT2D eigenvalue weighted by Crippen LogP contribution is -2.15. The second kappa shape index (κ2) is 12.9. The largest absolute Gasteiger partial charge is 0.493 e. The Hall–Kier alpha value is -5.70. The van der Waals surface area contributed by atoms with Crippen LogP contribution in [0.5, 0.6) is 23.0 Å². The number of anilines is 1. The number of ether oxygens (including phenoxy) is 4. The van der Waals surface area contributed by atoms with Crippen molar-refractivity contribution < 1.29 is 23.7 Å². The maximum Gasteiger partial charge on any atom is 0.281 e. The number of methoxy groups -OCH3 is 2. The summed E-state index contributed by atoms with van der Waals surface area (Å²) < 4.78 is 23.8. The summed E-state index contributed by atoms with van der Waals surface area (Å²) in [5.41, 5.74) is 1.98. The summed E-state index contributed by atoms with van der Waals surface area (Å²) in [6.45, 7) is 7.56. The van der Waals surface area contributed by atoms with Crippen LogP contribution in [0.25, 0.3) is 11.4 Å². The van der Waals surface area contributed by atoms with Crippen molar-refractivity contribution in [1.82, 2.24) is 19.7 Å². The van der Waals surface area contributed by atoms with Crippen molar-refractivity contribution in [3.8, 4) is 34.8 Å². The second-order valence-corrected chi connectivity index (χ2v) is 8.19. The molecule has 12 nitrogen and oxygen atoms in total. The number of carbonyl (C=O) groups excluding carboxylic acids is 1. The van der Waals surface area contributed by atoms with Gasteiger partial charge in [-0.15, -0.1) is 0 Å². The van der Waals surface area contributed by atoms with E-state index in [1.54, 1.807) is 50.4 Å². The number of nitrogens with one attached hydrogen (secondary N) is 1. The molecule has 1 amide bonds. The number of nitriles is 1. The van der Waals surface area contributed by atoms with Crippen LogP contribution < -0.4 is 24.3 Å². The molecule has 0 radical (unpaired) electrons. The molecule has 208 valence electrons. The fourth-order valence-electron chi connectivity index (χ4n) is 3.85. The van der Waals surface area contributed by atoms with Crippen LogP contribution in [-0.2, 0) is 0 Å². The summed E-state index contributed by atoms with van der Waals surface area (Å²) in [5.74, 6) is 1.90. The third-order valence-corrected chi connectivity index (χ3v) is 5.77. The first kappa shape index (κ1) is 28.3. The molecule has 0 atom stereocenters. The number of aromatic nitrogens is 4. The zero-order chi connectivity index (χ0) is 29.4. The lowest BCUT2D eigenvalue weighted by atomic mass is 10.1. The minimum absolute atomic E-state index is 0.0239. The minimum atomic E-state index is -0.545. The highest BCUT2D eigenvalue weighted by Gasteiger charge is 2.21. The maximum absolute atomic E-state index is 13.1. The van der Waals surface area contributed by atoms with Crippen molar-refractivity contribution in [3.63, 3.8) is 0 Å². The molecule has 4 aromatic rings.